The highest BCUT2D eigenvalue weighted by Gasteiger charge is 2.10. The minimum Gasteiger partial charge on any atom is -0.459 e. The van der Waals surface area contributed by atoms with Gasteiger partial charge in [0.2, 0.25) is 0 Å². The molecule has 0 saturated carbocycles. The number of carbonyl (C=O) groups is 3. The summed E-state index contributed by atoms with van der Waals surface area (Å²) in [6.45, 7) is 4.00. The molecule has 160 valence electrons. The summed E-state index contributed by atoms with van der Waals surface area (Å²) in [6, 6.07) is 16.7. The van der Waals surface area contributed by atoms with Gasteiger partial charge in [0.05, 0.1) is 6.26 Å². The van der Waals surface area contributed by atoms with Gasteiger partial charge in [-0.2, -0.15) is 0 Å². The molecule has 3 aromatic rings. The van der Waals surface area contributed by atoms with Crippen LogP contribution in [-0.2, 0) is 6.54 Å². The van der Waals surface area contributed by atoms with Crippen molar-refractivity contribution in [3.8, 4) is 0 Å². The topological polar surface area (TPSA) is 112 Å². The van der Waals surface area contributed by atoms with E-state index >= 15 is 0 Å². The summed E-state index contributed by atoms with van der Waals surface area (Å²) >= 11 is 0. The van der Waals surface area contributed by atoms with Gasteiger partial charge >= 0.3 is 6.03 Å². The molecule has 0 aliphatic carbocycles. The third-order valence-electron chi connectivity index (χ3n) is 4.19. The van der Waals surface area contributed by atoms with Crippen LogP contribution in [0, 0.1) is 0 Å². The van der Waals surface area contributed by atoms with Crippen LogP contribution in [0.15, 0.2) is 71.3 Å². The van der Waals surface area contributed by atoms with Crippen LogP contribution in [0.25, 0.3) is 0 Å². The Bertz CT molecular complexity index is 1060. The van der Waals surface area contributed by atoms with E-state index in [2.05, 4.69) is 21.3 Å². The van der Waals surface area contributed by atoms with E-state index in [1.165, 1.54) is 6.26 Å². The number of rotatable bonds is 7. The molecular weight excluding hydrogens is 396 g/mol. The summed E-state index contributed by atoms with van der Waals surface area (Å²) in [5.41, 5.74) is 2.35. The zero-order valence-corrected chi connectivity index (χ0v) is 17.3. The fourth-order valence-corrected chi connectivity index (χ4v) is 2.81. The van der Waals surface area contributed by atoms with Crippen LogP contribution in [-0.4, -0.2) is 23.9 Å². The Balaban J connectivity index is 1.57. The fourth-order valence-electron chi connectivity index (χ4n) is 2.81. The van der Waals surface area contributed by atoms with Gasteiger partial charge in [-0.15, -0.1) is 0 Å². The summed E-state index contributed by atoms with van der Waals surface area (Å²) in [6.07, 6.45) is 1.43. The van der Waals surface area contributed by atoms with Crippen molar-refractivity contribution < 1.29 is 18.8 Å². The SMILES string of the molecule is CC(C)NC(=O)Nc1cccc(C(=O)NCc2cccc(NC(=O)c3ccco3)c2)c1. The van der Waals surface area contributed by atoms with Gasteiger partial charge in [0.15, 0.2) is 5.76 Å². The van der Waals surface area contributed by atoms with Crippen molar-refractivity contribution in [1.82, 2.24) is 10.6 Å². The van der Waals surface area contributed by atoms with Crippen LogP contribution < -0.4 is 21.3 Å². The molecule has 4 N–H and O–H groups in total. The third kappa shape index (κ3) is 6.46. The lowest BCUT2D eigenvalue weighted by molar-refractivity contribution is 0.0949. The average molecular weight is 420 g/mol. The van der Waals surface area contributed by atoms with Crippen molar-refractivity contribution in [3.63, 3.8) is 0 Å². The first-order chi connectivity index (χ1) is 14.9. The van der Waals surface area contributed by atoms with E-state index in [9.17, 15) is 14.4 Å². The van der Waals surface area contributed by atoms with Crippen molar-refractivity contribution in [2.75, 3.05) is 10.6 Å². The van der Waals surface area contributed by atoms with E-state index < -0.39 is 0 Å². The van der Waals surface area contributed by atoms with Crippen molar-refractivity contribution in [2.24, 2.45) is 0 Å². The zero-order valence-electron chi connectivity index (χ0n) is 17.3. The summed E-state index contributed by atoms with van der Waals surface area (Å²) in [5, 5.41) is 11.0. The van der Waals surface area contributed by atoms with Gasteiger partial charge in [0, 0.05) is 29.5 Å². The van der Waals surface area contributed by atoms with Crippen molar-refractivity contribution in [2.45, 2.75) is 26.4 Å². The Kier molecular flexibility index (Phi) is 7.05. The highest BCUT2D eigenvalue weighted by atomic mass is 16.3. The van der Waals surface area contributed by atoms with Crippen LogP contribution in [0.3, 0.4) is 0 Å². The second-order valence-corrected chi connectivity index (χ2v) is 7.15. The van der Waals surface area contributed by atoms with Gasteiger partial charge in [-0.25, -0.2) is 4.79 Å². The zero-order chi connectivity index (χ0) is 22.2. The van der Waals surface area contributed by atoms with Gasteiger partial charge in [0.1, 0.15) is 0 Å². The number of urea groups is 1. The van der Waals surface area contributed by atoms with Gasteiger partial charge in [0.25, 0.3) is 11.8 Å². The third-order valence-corrected chi connectivity index (χ3v) is 4.19. The van der Waals surface area contributed by atoms with E-state index in [1.54, 1.807) is 54.6 Å². The Morgan fingerprint density at radius 1 is 0.871 bits per heavy atom. The van der Waals surface area contributed by atoms with Gasteiger partial charge in [-0.05, 0) is 61.9 Å². The molecule has 0 atom stereocenters. The highest BCUT2D eigenvalue weighted by molar-refractivity contribution is 6.02. The van der Waals surface area contributed by atoms with Gasteiger partial charge in [-0.1, -0.05) is 18.2 Å². The molecule has 4 amide bonds. The number of hydrogen-bond donors (Lipinski definition) is 4. The Morgan fingerprint density at radius 3 is 2.32 bits per heavy atom. The number of hydrogen-bond acceptors (Lipinski definition) is 4. The maximum atomic E-state index is 12.5. The molecule has 0 bridgehead atoms. The number of carbonyl (C=O) groups excluding carboxylic acids is 3. The van der Waals surface area contributed by atoms with E-state index in [0.29, 0.717) is 16.9 Å². The molecule has 0 spiro atoms. The molecule has 1 heterocycles. The summed E-state index contributed by atoms with van der Waals surface area (Å²) in [4.78, 5) is 36.5. The number of nitrogens with one attached hydrogen (secondary N) is 4. The molecule has 2 aromatic carbocycles. The summed E-state index contributed by atoms with van der Waals surface area (Å²) in [5.74, 6) is -0.413. The predicted octanol–water partition coefficient (Wildman–Crippen LogP) is 3.99. The van der Waals surface area contributed by atoms with Crippen molar-refractivity contribution >= 4 is 29.2 Å². The van der Waals surface area contributed by atoms with E-state index in [1.807, 2.05) is 19.9 Å². The Morgan fingerprint density at radius 2 is 1.61 bits per heavy atom. The second kappa shape index (κ2) is 10.1. The lowest BCUT2D eigenvalue weighted by Gasteiger charge is -2.11. The Hall–Kier alpha value is -4.07. The van der Waals surface area contributed by atoms with Crippen molar-refractivity contribution in [3.05, 3.63) is 83.8 Å². The molecule has 1 aromatic heterocycles. The normalized spacial score (nSPS) is 10.4. The Labute approximate surface area is 180 Å². The number of anilines is 2. The van der Waals surface area contributed by atoms with Gasteiger partial charge < -0.3 is 25.7 Å². The lowest BCUT2D eigenvalue weighted by Crippen LogP contribution is -2.34. The molecule has 0 aliphatic rings. The molecule has 8 heteroatoms. The summed E-state index contributed by atoms with van der Waals surface area (Å²) in [7, 11) is 0. The smallest absolute Gasteiger partial charge is 0.319 e. The molecule has 3 rings (SSSR count). The van der Waals surface area contributed by atoms with Crippen LogP contribution in [0.5, 0.6) is 0 Å². The first kappa shape index (κ1) is 21.6. The number of amides is 4. The van der Waals surface area contributed by atoms with E-state index in [4.69, 9.17) is 4.42 Å². The van der Waals surface area contributed by atoms with Gasteiger partial charge in [-0.3, -0.25) is 9.59 Å². The number of furan rings is 1. The lowest BCUT2D eigenvalue weighted by atomic mass is 10.1. The predicted molar refractivity (Wildman–Crippen MR) is 118 cm³/mol. The van der Waals surface area contributed by atoms with Crippen LogP contribution in [0.2, 0.25) is 0 Å². The second-order valence-electron chi connectivity index (χ2n) is 7.15. The van der Waals surface area contributed by atoms with Crippen molar-refractivity contribution in [1.29, 1.82) is 0 Å². The first-order valence-corrected chi connectivity index (χ1v) is 9.80. The quantitative estimate of drug-likeness (QED) is 0.463. The number of benzene rings is 2. The van der Waals surface area contributed by atoms with Crippen LogP contribution in [0.4, 0.5) is 16.2 Å². The van der Waals surface area contributed by atoms with Crippen LogP contribution in [0.1, 0.15) is 40.3 Å². The molecule has 0 unspecified atom stereocenters. The largest absolute Gasteiger partial charge is 0.459 e. The minimum absolute atomic E-state index is 0.00566. The van der Waals surface area contributed by atoms with E-state index in [0.717, 1.165) is 5.56 Å². The monoisotopic (exact) mass is 420 g/mol. The molecule has 0 radical (unpaired) electrons. The molecule has 31 heavy (non-hydrogen) atoms. The molecule has 8 nitrogen and oxygen atoms in total. The molecule has 0 aliphatic heterocycles. The van der Waals surface area contributed by atoms with Crippen LogP contribution >= 0.6 is 0 Å². The maximum Gasteiger partial charge on any atom is 0.319 e. The fraction of sp³-hybridized carbons (Fsp3) is 0.174. The molecule has 0 fully saturated rings. The average Bonchev–Trinajstić information content (AvgIpc) is 3.27. The van der Waals surface area contributed by atoms with E-state index in [-0.39, 0.29) is 36.2 Å². The molecule has 0 saturated heterocycles. The minimum atomic E-state index is -0.350. The highest BCUT2D eigenvalue weighted by Crippen LogP contribution is 2.14. The molecular formula is C23H24N4O4. The maximum absolute atomic E-state index is 12.5. The first-order valence-electron chi connectivity index (χ1n) is 9.80. The standard InChI is InChI=1S/C23H24N4O4/c1-15(2)25-23(30)27-19-9-4-7-17(13-19)21(28)24-14-16-6-3-8-18(12-16)26-22(29)20-10-5-11-31-20/h3-13,15H,14H2,1-2H3,(H,24,28)(H,26,29)(H2,25,27,30). The summed E-state index contributed by atoms with van der Waals surface area (Å²) < 4.78 is 5.08.